The van der Waals surface area contributed by atoms with Gasteiger partial charge in [0.05, 0.1) is 23.8 Å². The van der Waals surface area contributed by atoms with Crippen molar-refractivity contribution in [3.05, 3.63) is 78.0 Å². The molecule has 0 amide bonds. The van der Waals surface area contributed by atoms with E-state index in [1.165, 1.54) is 5.56 Å². The highest BCUT2D eigenvalue weighted by Gasteiger charge is 2.15. The highest BCUT2D eigenvalue weighted by molar-refractivity contribution is 5.97. The Hall–Kier alpha value is -3.45. The lowest BCUT2D eigenvalue weighted by Gasteiger charge is -2.11. The van der Waals surface area contributed by atoms with Crippen molar-refractivity contribution in [1.29, 1.82) is 5.26 Å². The van der Waals surface area contributed by atoms with Crippen LogP contribution in [0.25, 0.3) is 16.4 Å². The molecule has 2 aromatic heterocycles. The molecule has 4 heteroatoms. The second kappa shape index (κ2) is 7.66. The first-order chi connectivity index (χ1) is 13.7. The summed E-state index contributed by atoms with van der Waals surface area (Å²) in [5.41, 5.74) is 3.59. The first kappa shape index (κ1) is 17.9. The third-order valence-electron chi connectivity index (χ3n) is 4.62. The van der Waals surface area contributed by atoms with Crippen LogP contribution >= 0.6 is 0 Å². The summed E-state index contributed by atoms with van der Waals surface area (Å²) in [5, 5.41) is 10.6. The van der Waals surface area contributed by atoms with E-state index >= 15 is 0 Å². The van der Waals surface area contributed by atoms with Crippen molar-refractivity contribution in [2.75, 3.05) is 6.61 Å². The number of ether oxygens (including phenoxy) is 2. The van der Waals surface area contributed by atoms with Crippen LogP contribution in [0.1, 0.15) is 25.0 Å². The molecule has 0 saturated heterocycles. The SMILES string of the molecule is CC(C)Oc1ccc(CCOc2c[c]cn3c2c(C#N)c2ccccc23)cc1. The van der Waals surface area contributed by atoms with Gasteiger partial charge < -0.3 is 13.9 Å². The summed E-state index contributed by atoms with van der Waals surface area (Å²) < 4.78 is 13.7. The Kier molecular flexibility index (Phi) is 4.90. The third-order valence-corrected chi connectivity index (χ3v) is 4.62. The molecule has 28 heavy (non-hydrogen) atoms. The largest absolute Gasteiger partial charge is 0.491 e. The van der Waals surface area contributed by atoms with Gasteiger partial charge in [-0.1, -0.05) is 30.3 Å². The zero-order chi connectivity index (χ0) is 19.5. The van der Waals surface area contributed by atoms with Crippen LogP contribution in [-0.4, -0.2) is 17.1 Å². The molecule has 0 atom stereocenters. The minimum absolute atomic E-state index is 0.165. The van der Waals surface area contributed by atoms with Gasteiger partial charge >= 0.3 is 0 Å². The Bertz CT molecular complexity index is 1150. The molecule has 0 fully saturated rings. The Morgan fingerprint density at radius 1 is 1.11 bits per heavy atom. The maximum absolute atomic E-state index is 9.70. The van der Waals surface area contributed by atoms with Crippen LogP contribution in [0, 0.1) is 17.4 Å². The molecule has 0 aliphatic carbocycles. The minimum atomic E-state index is 0.165. The predicted octanol–water partition coefficient (Wildman–Crippen LogP) is 5.17. The molecule has 4 nitrogen and oxygen atoms in total. The normalized spacial score (nSPS) is 11.1. The smallest absolute Gasteiger partial charge is 0.145 e. The summed E-state index contributed by atoms with van der Waals surface area (Å²) in [6, 6.07) is 23.2. The van der Waals surface area contributed by atoms with E-state index in [1.54, 1.807) is 6.07 Å². The topological polar surface area (TPSA) is 46.7 Å². The second-order valence-corrected chi connectivity index (χ2v) is 6.94. The lowest BCUT2D eigenvalue weighted by Crippen LogP contribution is -2.06. The maximum Gasteiger partial charge on any atom is 0.145 e. The van der Waals surface area contributed by atoms with Crippen LogP contribution in [0.3, 0.4) is 0 Å². The minimum Gasteiger partial charge on any atom is -0.491 e. The molecule has 4 aromatic rings. The molecule has 1 radical (unpaired) electrons. The van der Waals surface area contributed by atoms with Gasteiger partial charge in [-0.3, -0.25) is 0 Å². The number of nitrogens with zero attached hydrogens (tertiary/aromatic N) is 2. The molecule has 2 heterocycles. The van der Waals surface area contributed by atoms with E-state index in [2.05, 4.69) is 24.3 Å². The Balaban J connectivity index is 1.55. The lowest BCUT2D eigenvalue weighted by atomic mass is 10.1. The first-order valence-corrected chi connectivity index (χ1v) is 9.38. The molecular formula is C24H21N2O2. The van der Waals surface area contributed by atoms with E-state index in [9.17, 15) is 5.26 Å². The summed E-state index contributed by atoms with van der Waals surface area (Å²) in [4.78, 5) is 0. The summed E-state index contributed by atoms with van der Waals surface area (Å²) in [5.74, 6) is 1.55. The molecule has 0 saturated carbocycles. The number of rotatable bonds is 6. The van der Waals surface area contributed by atoms with E-state index in [1.807, 2.05) is 60.8 Å². The Morgan fingerprint density at radius 2 is 1.89 bits per heavy atom. The van der Waals surface area contributed by atoms with Crippen molar-refractivity contribution in [3.63, 3.8) is 0 Å². The first-order valence-electron chi connectivity index (χ1n) is 9.38. The molecule has 0 N–H and O–H groups in total. The predicted molar refractivity (Wildman–Crippen MR) is 110 cm³/mol. The van der Waals surface area contributed by atoms with Crippen LogP contribution in [0.15, 0.2) is 60.8 Å². The molecule has 139 valence electrons. The molecule has 0 spiro atoms. The van der Waals surface area contributed by atoms with Gasteiger partial charge in [0, 0.05) is 24.1 Å². The third kappa shape index (κ3) is 3.39. The van der Waals surface area contributed by atoms with Gasteiger partial charge in [0.1, 0.15) is 23.1 Å². The number of nitriles is 1. The summed E-state index contributed by atoms with van der Waals surface area (Å²) in [6.07, 6.45) is 2.78. The Morgan fingerprint density at radius 3 is 2.64 bits per heavy atom. The van der Waals surface area contributed by atoms with Crippen molar-refractivity contribution < 1.29 is 9.47 Å². The van der Waals surface area contributed by atoms with Gasteiger partial charge in [0.25, 0.3) is 0 Å². The Labute approximate surface area is 164 Å². The van der Waals surface area contributed by atoms with Crippen LogP contribution in [-0.2, 0) is 6.42 Å². The lowest BCUT2D eigenvalue weighted by molar-refractivity contribution is 0.242. The fraction of sp³-hybridized carbons (Fsp3) is 0.208. The van der Waals surface area contributed by atoms with E-state index in [-0.39, 0.29) is 6.10 Å². The summed E-state index contributed by atoms with van der Waals surface area (Å²) >= 11 is 0. The van der Waals surface area contributed by atoms with Gasteiger partial charge in [-0.05, 0) is 43.7 Å². The highest BCUT2D eigenvalue weighted by Crippen LogP contribution is 2.32. The number of hydrogen-bond acceptors (Lipinski definition) is 3. The molecule has 0 bridgehead atoms. The van der Waals surface area contributed by atoms with E-state index in [0.717, 1.165) is 28.6 Å². The number of fused-ring (bicyclic) bond motifs is 3. The molecular weight excluding hydrogens is 348 g/mol. The van der Waals surface area contributed by atoms with Crippen LogP contribution in [0.2, 0.25) is 0 Å². The van der Waals surface area contributed by atoms with E-state index < -0.39 is 0 Å². The number of aromatic nitrogens is 1. The van der Waals surface area contributed by atoms with Crippen LogP contribution in [0.5, 0.6) is 11.5 Å². The standard InChI is InChI=1S/C24H21N2O2/c1-17(2)28-19-11-9-18(10-12-19)13-15-27-23-8-5-14-26-22-7-4-3-6-20(22)21(16-25)24(23)26/h3-4,6-12,14,17H,13,15H2,1-2H3. The van der Waals surface area contributed by atoms with Crippen molar-refractivity contribution >= 4 is 16.4 Å². The van der Waals surface area contributed by atoms with Gasteiger partial charge in [0.2, 0.25) is 0 Å². The molecule has 0 aliphatic rings. The van der Waals surface area contributed by atoms with Gasteiger partial charge in [0.15, 0.2) is 0 Å². The average molecular weight is 369 g/mol. The van der Waals surface area contributed by atoms with Crippen molar-refractivity contribution in [1.82, 2.24) is 4.40 Å². The molecule has 0 aliphatic heterocycles. The fourth-order valence-corrected chi connectivity index (χ4v) is 3.40. The van der Waals surface area contributed by atoms with Crippen molar-refractivity contribution in [2.24, 2.45) is 0 Å². The van der Waals surface area contributed by atoms with Crippen molar-refractivity contribution in [2.45, 2.75) is 26.4 Å². The van der Waals surface area contributed by atoms with Gasteiger partial charge in [-0.15, -0.1) is 0 Å². The number of para-hydroxylation sites is 1. The second-order valence-electron chi connectivity index (χ2n) is 6.94. The molecule has 4 rings (SSSR count). The fourth-order valence-electron chi connectivity index (χ4n) is 3.40. The van der Waals surface area contributed by atoms with Crippen LogP contribution < -0.4 is 9.47 Å². The molecule has 2 aromatic carbocycles. The monoisotopic (exact) mass is 369 g/mol. The maximum atomic E-state index is 9.70. The highest BCUT2D eigenvalue weighted by atomic mass is 16.5. The molecule has 0 unspecified atom stereocenters. The summed E-state index contributed by atoms with van der Waals surface area (Å²) in [6.45, 7) is 4.55. The van der Waals surface area contributed by atoms with E-state index in [4.69, 9.17) is 9.47 Å². The summed E-state index contributed by atoms with van der Waals surface area (Å²) in [7, 11) is 0. The quantitative estimate of drug-likeness (QED) is 0.471. The van der Waals surface area contributed by atoms with Gasteiger partial charge in [-0.25, -0.2) is 0 Å². The number of pyridine rings is 1. The van der Waals surface area contributed by atoms with Gasteiger partial charge in [-0.2, -0.15) is 5.26 Å². The zero-order valence-electron chi connectivity index (χ0n) is 16.0. The van der Waals surface area contributed by atoms with Crippen LogP contribution in [0.4, 0.5) is 0 Å². The average Bonchev–Trinajstić information content (AvgIpc) is 3.03. The zero-order valence-corrected chi connectivity index (χ0v) is 16.0. The van der Waals surface area contributed by atoms with E-state index in [0.29, 0.717) is 17.9 Å². The van der Waals surface area contributed by atoms with Crippen molar-refractivity contribution in [3.8, 4) is 17.6 Å². The number of hydrogen-bond donors (Lipinski definition) is 0. The number of benzene rings is 2.